The van der Waals surface area contributed by atoms with Gasteiger partial charge in [-0.25, -0.2) is 0 Å². The quantitative estimate of drug-likeness (QED) is 0.587. The van der Waals surface area contributed by atoms with Crippen molar-refractivity contribution in [2.45, 2.75) is 25.0 Å². The topological polar surface area (TPSA) is 29.1 Å². The van der Waals surface area contributed by atoms with Crippen LogP contribution in [0.2, 0.25) is 0 Å². The molecule has 1 saturated carbocycles. The summed E-state index contributed by atoms with van der Waals surface area (Å²) in [6, 6.07) is 0. The molecule has 10 heavy (non-hydrogen) atoms. The summed E-state index contributed by atoms with van der Waals surface area (Å²) in [5.74, 6) is 0.721. The Kier molecular flexibility index (Phi) is 2.60. The molecule has 1 fully saturated rings. The van der Waals surface area contributed by atoms with Crippen LogP contribution in [0.3, 0.4) is 0 Å². The van der Waals surface area contributed by atoms with E-state index in [9.17, 15) is 4.79 Å². The lowest BCUT2D eigenvalue weighted by Gasteiger charge is -1.98. The molecule has 1 N–H and O–H groups in total. The summed E-state index contributed by atoms with van der Waals surface area (Å²) in [6.07, 6.45) is 1.78. The second-order valence-corrected chi connectivity index (χ2v) is 3.38. The average Bonchev–Trinajstić information content (AvgIpc) is 2.47. The fraction of sp³-hybridized carbons (Fsp3) is 0.857. The molecule has 0 aromatic rings. The number of carbonyl (C=O) groups excluding carboxylic acids is 1. The molecule has 0 spiro atoms. The van der Waals surface area contributed by atoms with Gasteiger partial charge in [-0.3, -0.25) is 4.79 Å². The number of carbonyl (C=O) groups is 1. The molecule has 3 heteroatoms. The lowest BCUT2D eigenvalue weighted by Crippen LogP contribution is -2.22. The standard InChI is InChI=1S/C7H13NOS/c1-2-8-7(9)4-5-3-6(5)10/h5-6,10H,2-4H2,1H3,(H,8,9). The van der Waals surface area contributed by atoms with E-state index in [1.54, 1.807) is 0 Å². The maximum absolute atomic E-state index is 10.9. The van der Waals surface area contributed by atoms with Crippen molar-refractivity contribution in [2.24, 2.45) is 5.92 Å². The number of nitrogens with one attached hydrogen (secondary N) is 1. The van der Waals surface area contributed by atoms with Gasteiger partial charge in [0.15, 0.2) is 0 Å². The van der Waals surface area contributed by atoms with Crippen LogP contribution in [-0.4, -0.2) is 17.7 Å². The van der Waals surface area contributed by atoms with E-state index in [-0.39, 0.29) is 5.91 Å². The van der Waals surface area contributed by atoms with Gasteiger partial charge in [0.05, 0.1) is 0 Å². The predicted molar refractivity (Wildman–Crippen MR) is 44.2 cm³/mol. The van der Waals surface area contributed by atoms with Crippen LogP contribution in [0.1, 0.15) is 19.8 Å². The van der Waals surface area contributed by atoms with Gasteiger partial charge in [-0.2, -0.15) is 12.6 Å². The molecular formula is C7H13NOS. The van der Waals surface area contributed by atoms with E-state index < -0.39 is 0 Å². The molecule has 0 saturated heterocycles. The average molecular weight is 159 g/mol. The van der Waals surface area contributed by atoms with Crippen molar-refractivity contribution in [2.75, 3.05) is 6.54 Å². The monoisotopic (exact) mass is 159 g/mol. The Labute approximate surface area is 66.8 Å². The second kappa shape index (κ2) is 3.28. The first kappa shape index (κ1) is 7.92. The minimum atomic E-state index is 0.170. The summed E-state index contributed by atoms with van der Waals surface area (Å²) >= 11 is 4.23. The van der Waals surface area contributed by atoms with Gasteiger partial charge >= 0.3 is 0 Å². The zero-order chi connectivity index (χ0) is 7.56. The SMILES string of the molecule is CCNC(=O)CC1CC1S. The summed E-state index contributed by atoms with van der Waals surface area (Å²) in [7, 11) is 0. The first-order valence-corrected chi connectivity index (χ1v) is 4.20. The molecule has 1 rings (SSSR count). The molecule has 2 atom stereocenters. The second-order valence-electron chi connectivity index (χ2n) is 2.72. The molecule has 0 radical (unpaired) electrons. The van der Waals surface area contributed by atoms with Crippen molar-refractivity contribution in [3.05, 3.63) is 0 Å². The van der Waals surface area contributed by atoms with Crippen molar-refractivity contribution in [1.29, 1.82) is 0 Å². The normalized spacial score (nSPS) is 29.8. The molecule has 0 aliphatic heterocycles. The van der Waals surface area contributed by atoms with E-state index in [0.29, 0.717) is 17.6 Å². The van der Waals surface area contributed by atoms with Crippen molar-refractivity contribution >= 4 is 18.5 Å². The highest BCUT2D eigenvalue weighted by Gasteiger charge is 2.34. The molecule has 0 bridgehead atoms. The van der Waals surface area contributed by atoms with Gasteiger partial charge in [0, 0.05) is 18.2 Å². The lowest BCUT2D eigenvalue weighted by molar-refractivity contribution is -0.121. The van der Waals surface area contributed by atoms with Crippen LogP contribution in [0.25, 0.3) is 0 Å². The summed E-state index contributed by atoms with van der Waals surface area (Å²) in [6.45, 7) is 2.67. The van der Waals surface area contributed by atoms with Gasteiger partial charge in [-0.15, -0.1) is 0 Å². The Bertz CT molecular complexity index is 138. The summed E-state index contributed by atoms with van der Waals surface area (Å²) in [5, 5.41) is 3.25. The van der Waals surface area contributed by atoms with Crippen LogP contribution in [0, 0.1) is 5.92 Å². The third-order valence-corrected chi connectivity index (χ3v) is 2.34. The van der Waals surface area contributed by atoms with Crippen LogP contribution in [0.15, 0.2) is 0 Å². The van der Waals surface area contributed by atoms with Crippen molar-refractivity contribution in [3.8, 4) is 0 Å². The Balaban J connectivity index is 2.07. The maximum Gasteiger partial charge on any atom is 0.220 e. The van der Waals surface area contributed by atoms with Gasteiger partial charge in [0.1, 0.15) is 0 Å². The van der Waals surface area contributed by atoms with Crippen molar-refractivity contribution < 1.29 is 4.79 Å². The molecule has 2 nitrogen and oxygen atoms in total. The third kappa shape index (κ3) is 2.21. The molecule has 1 aliphatic carbocycles. The van der Waals surface area contributed by atoms with Gasteiger partial charge in [-0.1, -0.05) is 0 Å². The Morgan fingerprint density at radius 2 is 2.40 bits per heavy atom. The molecule has 0 aromatic heterocycles. The largest absolute Gasteiger partial charge is 0.356 e. The van der Waals surface area contributed by atoms with Gasteiger partial charge in [0.25, 0.3) is 0 Å². The first-order valence-electron chi connectivity index (χ1n) is 3.68. The Hall–Kier alpha value is -0.180. The Morgan fingerprint density at radius 3 is 2.80 bits per heavy atom. The van der Waals surface area contributed by atoms with Gasteiger partial charge in [0.2, 0.25) is 5.91 Å². The summed E-state index contributed by atoms with van der Waals surface area (Å²) in [5.41, 5.74) is 0. The lowest BCUT2D eigenvalue weighted by atomic mass is 10.3. The van der Waals surface area contributed by atoms with E-state index in [1.807, 2.05) is 6.92 Å². The minimum absolute atomic E-state index is 0.170. The van der Waals surface area contributed by atoms with Crippen molar-refractivity contribution in [3.63, 3.8) is 0 Å². The smallest absolute Gasteiger partial charge is 0.220 e. The molecular weight excluding hydrogens is 146 g/mol. The van der Waals surface area contributed by atoms with Crippen LogP contribution < -0.4 is 5.32 Å². The molecule has 0 aromatic carbocycles. The van der Waals surface area contributed by atoms with Gasteiger partial charge < -0.3 is 5.32 Å². The number of rotatable bonds is 3. The van der Waals surface area contributed by atoms with Gasteiger partial charge in [-0.05, 0) is 19.3 Å². The zero-order valence-corrected chi connectivity index (χ0v) is 7.03. The van der Waals surface area contributed by atoms with E-state index in [2.05, 4.69) is 17.9 Å². The number of hydrogen-bond donors (Lipinski definition) is 2. The summed E-state index contributed by atoms with van der Waals surface area (Å²) < 4.78 is 0. The molecule has 0 heterocycles. The van der Waals surface area contributed by atoms with Crippen LogP contribution in [0.4, 0.5) is 0 Å². The minimum Gasteiger partial charge on any atom is -0.356 e. The highest BCUT2D eigenvalue weighted by molar-refractivity contribution is 7.81. The van der Waals surface area contributed by atoms with Crippen LogP contribution in [-0.2, 0) is 4.79 Å². The molecule has 58 valence electrons. The number of hydrogen-bond acceptors (Lipinski definition) is 2. The maximum atomic E-state index is 10.9. The third-order valence-electron chi connectivity index (χ3n) is 1.71. The van der Waals surface area contributed by atoms with Crippen molar-refractivity contribution in [1.82, 2.24) is 5.32 Å². The highest BCUT2D eigenvalue weighted by atomic mass is 32.1. The highest BCUT2D eigenvalue weighted by Crippen LogP contribution is 2.38. The van der Waals surface area contributed by atoms with Crippen LogP contribution >= 0.6 is 12.6 Å². The molecule has 1 aliphatic rings. The predicted octanol–water partition coefficient (Wildman–Crippen LogP) is 0.831. The van der Waals surface area contributed by atoms with E-state index in [1.165, 1.54) is 0 Å². The zero-order valence-electron chi connectivity index (χ0n) is 6.13. The van der Waals surface area contributed by atoms with E-state index in [4.69, 9.17) is 0 Å². The molecule has 1 amide bonds. The first-order chi connectivity index (χ1) is 4.74. The fourth-order valence-electron chi connectivity index (χ4n) is 0.958. The van der Waals surface area contributed by atoms with E-state index in [0.717, 1.165) is 13.0 Å². The summed E-state index contributed by atoms with van der Waals surface area (Å²) in [4.78, 5) is 10.9. The fourth-order valence-corrected chi connectivity index (χ4v) is 1.33. The number of amides is 1. The van der Waals surface area contributed by atoms with E-state index >= 15 is 0 Å². The number of thiol groups is 1. The Morgan fingerprint density at radius 1 is 1.80 bits per heavy atom. The molecule has 2 unspecified atom stereocenters. The van der Waals surface area contributed by atoms with Crippen LogP contribution in [0.5, 0.6) is 0 Å².